The van der Waals surface area contributed by atoms with Crippen molar-refractivity contribution < 1.29 is 4.79 Å². The summed E-state index contributed by atoms with van der Waals surface area (Å²) >= 11 is 0. The molecule has 0 unspecified atom stereocenters. The van der Waals surface area contributed by atoms with Gasteiger partial charge in [0.1, 0.15) is 5.69 Å². The standard InChI is InChI=1S/C28H29N3O/c1-31(2)26-14-8-7-13-24(26)30-28(32)25-16-15-21(18-29-25)27-22-11-5-3-9-19(22)17-20-10-4-6-12-23(20)27/h3-6,9-12,15-18,24,26H,7-8,13-14H2,1-2H3,(H,30,32)/t24-,26-/m0/s1. The molecule has 3 aromatic carbocycles. The van der Waals surface area contributed by atoms with Gasteiger partial charge in [0.2, 0.25) is 0 Å². The molecular formula is C28H29N3O. The van der Waals surface area contributed by atoms with E-state index in [1.165, 1.54) is 28.0 Å². The van der Waals surface area contributed by atoms with E-state index in [0.717, 1.165) is 30.4 Å². The van der Waals surface area contributed by atoms with E-state index >= 15 is 0 Å². The summed E-state index contributed by atoms with van der Waals surface area (Å²) in [7, 11) is 4.19. The minimum absolute atomic E-state index is 0.0851. The van der Waals surface area contributed by atoms with Crippen LogP contribution in [0.5, 0.6) is 0 Å². The largest absolute Gasteiger partial charge is 0.346 e. The van der Waals surface area contributed by atoms with Crippen molar-refractivity contribution in [2.45, 2.75) is 37.8 Å². The highest BCUT2D eigenvalue weighted by Crippen LogP contribution is 2.36. The first-order chi connectivity index (χ1) is 15.6. The number of hydrogen-bond acceptors (Lipinski definition) is 3. The third kappa shape index (κ3) is 3.87. The number of carbonyl (C=O) groups is 1. The van der Waals surface area contributed by atoms with Crippen LogP contribution in [0.1, 0.15) is 36.2 Å². The van der Waals surface area contributed by atoms with Gasteiger partial charge < -0.3 is 10.2 Å². The van der Waals surface area contributed by atoms with Crippen molar-refractivity contribution >= 4 is 27.5 Å². The number of likely N-dealkylation sites (N-methyl/N-ethyl adjacent to an activating group) is 1. The highest BCUT2D eigenvalue weighted by Gasteiger charge is 2.28. The summed E-state index contributed by atoms with van der Waals surface area (Å²) in [6.45, 7) is 0. The maximum atomic E-state index is 13.0. The van der Waals surface area contributed by atoms with Gasteiger partial charge in [0, 0.05) is 23.8 Å². The highest BCUT2D eigenvalue weighted by atomic mass is 16.1. The topological polar surface area (TPSA) is 45.2 Å². The van der Waals surface area contributed by atoms with Crippen LogP contribution in [0.25, 0.3) is 32.7 Å². The van der Waals surface area contributed by atoms with E-state index in [-0.39, 0.29) is 11.9 Å². The molecule has 1 aliphatic rings. The lowest BCUT2D eigenvalue weighted by molar-refractivity contribution is 0.0878. The zero-order valence-electron chi connectivity index (χ0n) is 18.7. The smallest absolute Gasteiger partial charge is 0.270 e. The maximum absolute atomic E-state index is 13.0. The molecule has 1 N–H and O–H groups in total. The first-order valence-corrected chi connectivity index (χ1v) is 11.5. The number of amides is 1. The second-order valence-electron chi connectivity index (χ2n) is 9.02. The average molecular weight is 424 g/mol. The second-order valence-corrected chi connectivity index (χ2v) is 9.02. The quantitative estimate of drug-likeness (QED) is 0.431. The number of fused-ring (bicyclic) bond motifs is 2. The SMILES string of the molecule is CN(C)[C@H]1CCCC[C@@H]1NC(=O)c1ccc(-c2c3ccccc3cc3ccccc23)cn1. The molecule has 162 valence electrons. The average Bonchev–Trinajstić information content (AvgIpc) is 2.83. The molecule has 5 rings (SSSR count). The van der Waals surface area contributed by atoms with Gasteiger partial charge in [-0.1, -0.05) is 67.4 Å². The molecule has 1 saturated carbocycles. The fourth-order valence-electron chi connectivity index (χ4n) is 5.14. The fourth-order valence-corrected chi connectivity index (χ4v) is 5.14. The minimum Gasteiger partial charge on any atom is -0.346 e. The molecule has 1 aliphatic carbocycles. The van der Waals surface area contributed by atoms with Crippen LogP contribution in [0.2, 0.25) is 0 Å². The Morgan fingerprint density at radius 1 is 0.906 bits per heavy atom. The summed E-state index contributed by atoms with van der Waals surface area (Å²) in [6.07, 6.45) is 6.37. The van der Waals surface area contributed by atoms with E-state index in [4.69, 9.17) is 0 Å². The zero-order valence-corrected chi connectivity index (χ0v) is 18.7. The van der Waals surface area contributed by atoms with Crippen LogP contribution in [-0.2, 0) is 0 Å². The Hall–Kier alpha value is -3.24. The molecule has 2 atom stereocenters. The number of rotatable bonds is 4. The van der Waals surface area contributed by atoms with Gasteiger partial charge in [-0.15, -0.1) is 0 Å². The van der Waals surface area contributed by atoms with Crippen molar-refractivity contribution in [3.05, 3.63) is 78.6 Å². The zero-order chi connectivity index (χ0) is 22.1. The monoisotopic (exact) mass is 423 g/mol. The van der Waals surface area contributed by atoms with Crippen molar-refractivity contribution in [2.24, 2.45) is 0 Å². The summed E-state index contributed by atoms with van der Waals surface area (Å²) in [6, 6.07) is 23.6. The summed E-state index contributed by atoms with van der Waals surface area (Å²) in [5.74, 6) is -0.0851. The summed E-state index contributed by atoms with van der Waals surface area (Å²) in [5.41, 5.74) is 2.66. The van der Waals surface area contributed by atoms with Gasteiger partial charge in [0.25, 0.3) is 5.91 Å². The second kappa shape index (κ2) is 8.71. The molecule has 1 heterocycles. The van der Waals surface area contributed by atoms with Crippen LogP contribution >= 0.6 is 0 Å². The predicted molar refractivity (Wildman–Crippen MR) is 132 cm³/mol. The third-order valence-corrected chi connectivity index (χ3v) is 6.77. The summed E-state index contributed by atoms with van der Waals surface area (Å²) in [4.78, 5) is 19.8. The molecule has 4 aromatic rings. The summed E-state index contributed by atoms with van der Waals surface area (Å²) < 4.78 is 0. The Balaban J connectivity index is 1.47. The molecule has 0 bridgehead atoms. The van der Waals surface area contributed by atoms with E-state index in [2.05, 4.69) is 83.9 Å². The van der Waals surface area contributed by atoms with Gasteiger partial charge in [0.05, 0.1) is 0 Å². The number of nitrogens with one attached hydrogen (secondary N) is 1. The Morgan fingerprint density at radius 2 is 1.56 bits per heavy atom. The molecule has 0 radical (unpaired) electrons. The molecule has 32 heavy (non-hydrogen) atoms. The van der Waals surface area contributed by atoms with Crippen LogP contribution in [0, 0.1) is 0 Å². The van der Waals surface area contributed by atoms with E-state index in [1.807, 2.05) is 18.3 Å². The molecule has 1 amide bonds. The van der Waals surface area contributed by atoms with E-state index in [1.54, 1.807) is 0 Å². The van der Waals surface area contributed by atoms with E-state index in [0.29, 0.717) is 11.7 Å². The number of nitrogens with zero attached hydrogens (tertiary/aromatic N) is 2. The number of aromatic nitrogens is 1. The van der Waals surface area contributed by atoms with Crippen LogP contribution in [-0.4, -0.2) is 42.0 Å². The van der Waals surface area contributed by atoms with Crippen molar-refractivity contribution in [1.29, 1.82) is 0 Å². The van der Waals surface area contributed by atoms with Crippen molar-refractivity contribution in [1.82, 2.24) is 15.2 Å². The molecule has 0 aliphatic heterocycles. The number of hydrogen-bond donors (Lipinski definition) is 1. The van der Waals surface area contributed by atoms with Gasteiger partial charge in [0.15, 0.2) is 0 Å². The molecule has 1 fully saturated rings. The lowest BCUT2D eigenvalue weighted by Gasteiger charge is -2.36. The molecule has 0 spiro atoms. The Morgan fingerprint density at radius 3 is 2.19 bits per heavy atom. The molecule has 4 heteroatoms. The van der Waals surface area contributed by atoms with E-state index < -0.39 is 0 Å². The minimum atomic E-state index is -0.0851. The predicted octanol–water partition coefficient (Wildman–Crippen LogP) is 5.66. The van der Waals surface area contributed by atoms with Crippen LogP contribution in [0.15, 0.2) is 72.9 Å². The Labute approximate surface area is 189 Å². The first-order valence-electron chi connectivity index (χ1n) is 11.5. The van der Waals surface area contributed by atoms with Crippen molar-refractivity contribution in [3.8, 4) is 11.1 Å². The van der Waals surface area contributed by atoms with Gasteiger partial charge in [-0.05, 0) is 66.2 Å². The summed E-state index contributed by atoms with van der Waals surface area (Å²) in [5, 5.41) is 8.04. The lowest BCUT2D eigenvalue weighted by atomic mass is 9.89. The van der Waals surface area contributed by atoms with Crippen LogP contribution < -0.4 is 5.32 Å². The number of pyridine rings is 1. The normalized spacial score (nSPS) is 18.8. The first kappa shape index (κ1) is 20.7. The van der Waals surface area contributed by atoms with E-state index in [9.17, 15) is 4.79 Å². The highest BCUT2D eigenvalue weighted by molar-refractivity contribution is 6.12. The fraction of sp³-hybridized carbons (Fsp3) is 0.286. The van der Waals surface area contributed by atoms with Gasteiger partial charge >= 0.3 is 0 Å². The van der Waals surface area contributed by atoms with Gasteiger partial charge in [-0.3, -0.25) is 9.78 Å². The lowest BCUT2D eigenvalue weighted by Crippen LogP contribution is -2.51. The Bertz CT molecular complexity index is 1210. The number of benzene rings is 3. The number of carbonyl (C=O) groups excluding carboxylic acids is 1. The maximum Gasteiger partial charge on any atom is 0.270 e. The van der Waals surface area contributed by atoms with Crippen LogP contribution in [0.4, 0.5) is 0 Å². The molecule has 0 saturated heterocycles. The molecule has 4 nitrogen and oxygen atoms in total. The molecule has 1 aromatic heterocycles. The van der Waals surface area contributed by atoms with Gasteiger partial charge in [-0.2, -0.15) is 0 Å². The van der Waals surface area contributed by atoms with Crippen molar-refractivity contribution in [3.63, 3.8) is 0 Å². The van der Waals surface area contributed by atoms with Crippen molar-refractivity contribution in [2.75, 3.05) is 14.1 Å². The van der Waals surface area contributed by atoms with Gasteiger partial charge in [-0.25, -0.2) is 0 Å². The third-order valence-electron chi connectivity index (χ3n) is 6.77. The Kier molecular flexibility index (Phi) is 5.62. The van der Waals surface area contributed by atoms with Crippen LogP contribution in [0.3, 0.4) is 0 Å². The molecular weight excluding hydrogens is 394 g/mol.